The molecule has 0 fully saturated rings. The van der Waals surface area contributed by atoms with Crippen LogP contribution >= 0.6 is 0 Å². The molecule has 0 amide bonds. The SMILES string of the molecule is Oc1ccccc1C(F)(F)F.[Na]. The zero-order valence-corrected chi connectivity index (χ0v) is 8.39. The molecule has 0 bridgehead atoms. The molecular weight excluding hydrogens is 180 g/mol. The third-order valence-electron chi connectivity index (χ3n) is 1.21. The summed E-state index contributed by atoms with van der Waals surface area (Å²) >= 11 is 0. The quantitative estimate of drug-likeness (QED) is 0.613. The zero-order valence-electron chi connectivity index (χ0n) is 6.39. The third kappa shape index (κ3) is 2.69. The van der Waals surface area contributed by atoms with Gasteiger partial charge >= 0.3 is 6.18 Å². The topological polar surface area (TPSA) is 20.2 Å². The summed E-state index contributed by atoms with van der Waals surface area (Å²) in [6.45, 7) is 0. The van der Waals surface area contributed by atoms with E-state index in [1.165, 1.54) is 12.1 Å². The number of halogens is 3. The van der Waals surface area contributed by atoms with Crippen molar-refractivity contribution in [1.82, 2.24) is 0 Å². The molecule has 0 saturated carbocycles. The summed E-state index contributed by atoms with van der Waals surface area (Å²) < 4.78 is 35.7. The molecule has 1 nitrogen and oxygen atoms in total. The van der Waals surface area contributed by atoms with Crippen molar-refractivity contribution >= 4 is 29.6 Å². The van der Waals surface area contributed by atoms with Gasteiger partial charge in [-0.05, 0) is 12.1 Å². The van der Waals surface area contributed by atoms with E-state index in [0.29, 0.717) is 0 Å². The molecule has 1 radical (unpaired) electrons. The van der Waals surface area contributed by atoms with Crippen LogP contribution in [0.15, 0.2) is 24.3 Å². The summed E-state index contributed by atoms with van der Waals surface area (Å²) in [7, 11) is 0. The summed E-state index contributed by atoms with van der Waals surface area (Å²) in [4.78, 5) is 0. The summed E-state index contributed by atoms with van der Waals surface area (Å²) in [6, 6.07) is 4.39. The minimum absolute atomic E-state index is 0. The molecular formula is C7H5F3NaO. The van der Waals surface area contributed by atoms with Crippen LogP contribution in [0.5, 0.6) is 5.75 Å². The first-order chi connectivity index (χ1) is 5.02. The van der Waals surface area contributed by atoms with Crippen molar-refractivity contribution in [2.45, 2.75) is 6.18 Å². The normalized spacial score (nSPS) is 10.6. The maximum absolute atomic E-state index is 11.9. The van der Waals surface area contributed by atoms with E-state index in [4.69, 9.17) is 5.11 Å². The second kappa shape index (κ2) is 4.16. The Balaban J connectivity index is 0.00000121. The molecule has 0 aliphatic heterocycles. The molecule has 5 heteroatoms. The number of benzene rings is 1. The molecule has 1 N–H and O–H groups in total. The molecule has 0 heterocycles. The Morgan fingerprint density at radius 3 is 1.92 bits per heavy atom. The van der Waals surface area contributed by atoms with Gasteiger partial charge in [0.1, 0.15) is 5.75 Å². The summed E-state index contributed by atoms with van der Waals surface area (Å²) in [5.74, 6) is -0.736. The van der Waals surface area contributed by atoms with E-state index >= 15 is 0 Å². The number of rotatable bonds is 0. The maximum Gasteiger partial charge on any atom is 0.419 e. The Bertz CT molecular complexity index is 259. The number of alkyl halides is 3. The average Bonchev–Trinajstić information content (AvgIpc) is 1.86. The van der Waals surface area contributed by atoms with Crippen molar-refractivity contribution in [3.63, 3.8) is 0 Å². The van der Waals surface area contributed by atoms with Crippen LogP contribution in [0, 0.1) is 0 Å². The molecule has 0 atom stereocenters. The first kappa shape index (κ1) is 11.8. The molecule has 0 aliphatic rings. The van der Waals surface area contributed by atoms with Crippen LogP contribution in [-0.2, 0) is 6.18 Å². The van der Waals surface area contributed by atoms with Crippen LogP contribution in [0.2, 0.25) is 0 Å². The van der Waals surface area contributed by atoms with Gasteiger partial charge in [0.25, 0.3) is 0 Å². The van der Waals surface area contributed by atoms with Gasteiger partial charge in [0.15, 0.2) is 0 Å². The molecule has 0 saturated heterocycles. The van der Waals surface area contributed by atoms with Crippen LogP contribution in [-0.4, -0.2) is 34.7 Å². The second-order valence-corrected chi connectivity index (χ2v) is 2.01. The van der Waals surface area contributed by atoms with Crippen molar-refractivity contribution in [2.75, 3.05) is 0 Å². The summed E-state index contributed by atoms with van der Waals surface area (Å²) in [5, 5.41) is 8.73. The molecule has 1 aromatic carbocycles. The van der Waals surface area contributed by atoms with Crippen molar-refractivity contribution in [1.29, 1.82) is 0 Å². The Labute approximate surface area is 89.5 Å². The number of hydrogen-bond acceptors (Lipinski definition) is 1. The fraction of sp³-hybridized carbons (Fsp3) is 0.143. The van der Waals surface area contributed by atoms with Gasteiger partial charge in [-0.1, -0.05) is 12.1 Å². The van der Waals surface area contributed by atoms with Crippen LogP contribution in [0.25, 0.3) is 0 Å². The number of phenolic OH excluding ortho intramolecular Hbond substituents is 1. The van der Waals surface area contributed by atoms with Crippen LogP contribution in [0.1, 0.15) is 5.56 Å². The smallest absolute Gasteiger partial charge is 0.419 e. The molecule has 1 aromatic rings. The van der Waals surface area contributed by atoms with E-state index in [9.17, 15) is 13.2 Å². The fourth-order valence-electron chi connectivity index (χ4n) is 0.713. The number of aromatic hydroxyl groups is 1. The summed E-state index contributed by atoms with van der Waals surface area (Å²) in [6.07, 6.45) is -4.47. The molecule has 1 rings (SSSR count). The zero-order chi connectivity index (χ0) is 8.48. The first-order valence-corrected chi connectivity index (χ1v) is 2.87. The van der Waals surface area contributed by atoms with Crippen molar-refractivity contribution in [3.8, 4) is 5.75 Å². The fourth-order valence-corrected chi connectivity index (χ4v) is 0.713. The van der Waals surface area contributed by atoms with Crippen molar-refractivity contribution in [3.05, 3.63) is 29.8 Å². The van der Waals surface area contributed by atoms with E-state index in [1.807, 2.05) is 0 Å². The van der Waals surface area contributed by atoms with Crippen LogP contribution in [0.3, 0.4) is 0 Å². The molecule has 61 valence electrons. The van der Waals surface area contributed by atoms with Crippen molar-refractivity contribution < 1.29 is 18.3 Å². The van der Waals surface area contributed by atoms with Crippen molar-refractivity contribution in [2.24, 2.45) is 0 Å². The van der Waals surface area contributed by atoms with E-state index < -0.39 is 17.5 Å². The minimum atomic E-state index is -4.47. The number of phenols is 1. The average molecular weight is 185 g/mol. The largest absolute Gasteiger partial charge is 0.507 e. The van der Waals surface area contributed by atoms with Gasteiger partial charge in [-0.2, -0.15) is 13.2 Å². The van der Waals surface area contributed by atoms with Gasteiger partial charge in [0.2, 0.25) is 0 Å². The standard InChI is InChI=1S/C7H5F3O.Na/c8-7(9,10)5-3-1-2-4-6(5)11;/h1-4,11H;. The van der Waals surface area contributed by atoms with Gasteiger partial charge in [0, 0.05) is 29.6 Å². The minimum Gasteiger partial charge on any atom is -0.507 e. The maximum atomic E-state index is 11.9. The Morgan fingerprint density at radius 2 is 1.58 bits per heavy atom. The van der Waals surface area contributed by atoms with E-state index in [-0.39, 0.29) is 29.6 Å². The van der Waals surface area contributed by atoms with Gasteiger partial charge < -0.3 is 5.11 Å². The van der Waals surface area contributed by atoms with E-state index in [1.54, 1.807) is 0 Å². The van der Waals surface area contributed by atoms with Gasteiger partial charge in [-0.15, -0.1) is 0 Å². The van der Waals surface area contributed by atoms with Crippen LogP contribution < -0.4 is 0 Å². The van der Waals surface area contributed by atoms with E-state index in [0.717, 1.165) is 12.1 Å². The molecule has 0 unspecified atom stereocenters. The molecule has 0 spiro atoms. The monoisotopic (exact) mass is 185 g/mol. The molecule has 0 aromatic heterocycles. The predicted octanol–water partition coefficient (Wildman–Crippen LogP) is 2.03. The third-order valence-corrected chi connectivity index (χ3v) is 1.21. The van der Waals surface area contributed by atoms with Gasteiger partial charge in [-0.3, -0.25) is 0 Å². The Hall–Kier alpha value is -0.190. The first-order valence-electron chi connectivity index (χ1n) is 2.87. The van der Waals surface area contributed by atoms with E-state index in [2.05, 4.69) is 0 Å². The predicted molar refractivity (Wildman–Crippen MR) is 38.9 cm³/mol. The Morgan fingerprint density at radius 1 is 1.08 bits per heavy atom. The molecule has 12 heavy (non-hydrogen) atoms. The molecule has 0 aliphatic carbocycles. The van der Waals surface area contributed by atoms with Gasteiger partial charge in [0.05, 0.1) is 5.56 Å². The van der Waals surface area contributed by atoms with Gasteiger partial charge in [-0.25, -0.2) is 0 Å². The summed E-state index contributed by atoms with van der Waals surface area (Å²) in [5.41, 5.74) is -1.000. The Kier molecular flexibility index (Phi) is 4.10. The number of hydrogen-bond donors (Lipinski definition) is 1. The number of para-hydroxylation sites is 1. The second-order valence-electron chi connectivity index (χ2n) is 2.01. The van der Waals surface area contributed by atoms with Crippen LogP contribution in [0.4, 0.5) is 13.2 Å².